The predicted octanol–water partition coefficient (Wildman–Crippen LogP) is 1.36. The molecule has 0 aliphatic rings. The summed E-state index contributed by atoms with van der Waals surface area (Å²) in [6.45, 7) is 1.34. The van der Waals surface area contributed by atoms with Crippen LogP contribution in [0.25, 0.3) is 0 Å². The van der Waals surface area contributed by atoms with Crippen LogP contribution in [0.15, 0.2) is 28.7 Å². The minimum absolute atomic E-state index is 0.242. The lowest BCUT2D eigenvalue weighted by atomic mass is 9.88. The molecule has 92 valence electrons. The van der Waals surface area contributed by atoms with Gasteiger partial charge in [0.2, 0.25) is 0 Å². The van der Waals surface area contributed by atoms with Crippen molar-refractivity contribution in [3.8, 4) is 0 Å². The Bertz CT molecular complexity index is 430. The van der Waals surface area contributed by atoms with E-state index in [9.17, 15) is 14.7 Å². The number of carbonyl (C=O) groups excluding carboxylic acids is 2. The second-order valence-electron chi connectivity index (χ2n) is 3.83. The van der Waals surface area contributed by atoms with Gasteiger partial charge in [-0.15, -0.1) is 0 Å². The summed E-state index contributed by atoms with van der Waals surface area (Å²) in [6.07, 6.45) is -0.242. The van der Waals surface area contributed by atoms with Crippen molar-refractivity contribution in [1.82, 2.24) is 5.32 Å². The summed E-state index contributed by atoms with van der Waals surface area (Å²) < 4.78 is 0.836. The first-order valence-corrected chi connectivity index (χ1v) is 5.89. The van der Waals surface area contributed by atoms with Gasteiger partial charge in [0.25, 0.3) is 5.91 Å². The topological polar surface area (TPSA) is 66.4 Å². The lowest BCUT2D eigenvalue weighted by Gasteiger charge is -2.25. The number of Topliss-reactive ketones (excluding diaryl/α,β-unsaturated/α-hetero) is 1. The van der Waals surface area contributed by atoms with Crippen LogP contribution in [0, 0.1) is 0 Å². The number of aliphatic hydroxyl groups is 1. The Morgan fingerprint density at radius 3 is 2.29 bits per heavy atom. The highest BCUT2D eigenvalue weighted by molar-refractivity contribution is 9.10. The molecule has 1 unspecified atom stereocenters. The molecule has 1 atom stereocenters. The second-order valence-corrected chi connectivity index (χ2v) is 4.74. The third-order valence-corrected chi connectivity index (χ3v) is 2.96. The third-order valence-electron chi connectivity index (χ3n) is 2.43. The lowest BCUT2D eigenvalue weighted by Crippen LogP contribution is -2.44. The highest BCUT2D eigenvalue weighted by Gasteiger charge is 2.38. The third kappa shape index (κ3) is 3.14. The number of amides is 1. The average molecular weight is 300 g/mol. The van der Waals surface area contributed by atoms with E-state index in [4.69, 9.17) is 0 Å². The van der Waals surface area contributed by atoms with E-state index in [1.807, 2.05) is 0 Å². The smallest absolute Gasteiger partial charge is 0.256 e. The largest absolute Gasteiger partial charge is 0.375 e. The summed E-state index contributed by atoms with van der Waals surface area (Å²) in [5, 5.41) is 12.7. The van der Waals surface area contributed by atoms with E-state index in [2.05, 4.69) is 21.2 Å². The standard InChI is InChI=1S/C12H14BrNO3/c1-8(15)7-12(17,11(16)14-2)9-3-5-10(13)6-4-9/h3-6,17H,7H2,1-2H3,(H,14,16). The SMILES string of the molecule is CNC(=O)C(O)(CC(C)=O)c1ccc(Br)cc1. The number of ketones is 1. The zero-order valence-corrected chi connectivity index (χ0v) is 11.2. The van der Waals surface area contributed by atoms with Gasteiger partial charge >= 0.3 is 0 Å². The zero-order chi connectivity index (χ0) is 13.1. The molecule has 0 spiro atoms. The second kappa shape index (κ2) is 5.42. The van der Waals surface area contributed by atoms with Crippen LogP contribution in [0.4, 0.5) is 0 Å². The number of hydrogen-bond acceptors (Lipinski definition) is 3. The average Bonchev–Trinajstić information content (AvgIpc) is 2.27. The Morgan fingerprint density at radius 2 is 1.88 bits per heavy atom. The van der Waals surface area contributed by atoms with Gasteiger partial charge in [-0.2, -0.15) is 0 Å². The Morgan fingerprint density at radius 1 is 1.35 bits per heavy atom. The highest BCUT2D eigenvalue weighted by atomic mass is 79.9. The fraction of sp³-hybridized carbons (Fsp3) is 0.333. The van der Waals surface area contributed by atoms with Crippen molar-refractivity contribution in [3.63, 3.8) is 0 Å². The Hall–Kier alpha value is -1.20. The molecule has 0 bridgehead atoms. The van der Waals surface area contributed by atoms with E-state index in [1.165, 1.54) is 14.0 Å². The fourth-order valence-electron chi connectivity index (χ4n) is 1.61. The molecule has 2 N–H and O–H groups in total. The number of benzene rings is 1. The molecule has 0 aromatic heterocycles. The number of rotatable bonds is 4. The van der Waals surface area contributed by atoms with E-state index >= 15 is 0 Å². The van der Waals surface area contributed by atoms with Crippen molar-refractivity contribution in [1.29, 1.82) is 0 Å². The summed E-state index contributed by atoms with van der Waals surface area (Å²) >= 11 is 3.27. The van der Waals surface area contributed by atoms with E-state index in [0.29, 0.717) is 5.56 Å². The molecule has 5 heteroatoms. The van der Waals surface area contributed by atoms with Gasteiger partial charge in [0.05, 0.1) is 0 Å². The van der Waals surface area contributed by atoms with Gasteiger partial charge in [-0.25, -0.2) is 0 Å². The maximum absolute atomic E-state index is 11.7. The molecule has 0 heterocycles. The molecule has 1 rings (SSSR count). The van der Waals surface area contributed by atoms with Crippen molar-refractivity contribution in [2.45, 2.75) is 18.9 Å². The van der Waals surface area contributed by atoms with Crippen molar-refractivity contribution >= 4 is 27.6 Å². The van der Waals surface area contributed by atoms with Crippen LogP contribution in [-0.4, -0.2) is 23.8 Å². The van der Waals surface area contributed by atoms with Crippen LogP contribution in [0.2, 0.25) is 0 Å². The molecule has 0 aliphatic heterocycles. The molecular formula is C12H14BrNO3. The van der Waals surface area contributed by atoms with Gasteiger partial charge in [-0.1, -0.05) is 28.1 Å². The normalized spacial score (nSPS) is 13.9. The molecule has 0 radical (unpaired) electrons. The number of hydrogen-bond donors (Lipinski definition) is 2. The van der Waals surface area contributed by atoms with Crippen molar-refractivity contribution in [2.24, 2.45) is 0 Å². The molecule has 0 saturated carbocycles. The molecule has 1 aromatic rings. The predicted molar refractivity (Wildman–Crippen MR) is 67.4 cm³/mol. The van der Waals surface area contributed by atoms with Crippen LogP contribution in [0.5, 0.6) is 0 Å². The van der Waals surface area contributed by atoms with E-state index in [-0.39, 0.29) is 12.2 Å². The van der Waals surface area contributed by atoms with Crippen molar-refractivity contribution < 1.29 is 14.7 Å². The number of carbonyl (C=O) groups is 2. The van der Waals surface area contributed by atoms with Gasteiger partial charge in [-0.05, 0) is 24.6 Å². The summed E-state index contributed by atoms with van der Waals surface area (Å²) in [5.41, 5.74) is -1.41. The molecule has 1 amide bonds. The molecular weight excluding hydrogens is 286 g/mol. The van der Waals surface area contributed by atoms with Gasteiger partial charge in [0, 0.05) is 17.9 Å². The number of nitrogens with one attached hydrogen (secondary N) is 1. The summed E-state index contributed by atoms with van der Waals surface area (Å²) in [4.78, 5) is 22.9. The number of halogens is 1. The van der Waals surface area contributed by atoms with Crippen LogP contribution in [-0.2, 0) is 15.2 Å². The highest BCUT2D eigenvalue weighted by Crippen LogP contribution is 2.27. The molecule has 1 aromatic carbocycles. The Balaban J connectivity index is 3.18. The van der Waals surface area contributed by atoms with Crippen LogP contribution >= 0.6 is 15.9 Å². The first kappa shape index (κ1) is 13.9. The number of likely N-dealkylation sites (N-methyl/N-ethyl adjacent to an activating group) is 1. The lowest BCUT2D eigenvalue weighted by molar-refractivity contribution is -0.145. The Kier molecular flexibility index (Phi) is 4.42. The van der Waals surface area contributed by atoms with Gasteiger partial charge in [0.1, 0.15) is 5.78 Å². The minimum Gasteiger partial charge on any atom is -0.375 e. The maximum atomic E-state index is 11.7. The summed E-state index contributed by atoms with van der Waals surface area (Å²) in [7, 11) is 1.42. The first-order valence-electron chi connectivity index (χ1n) is 5.10. The summed E-state index contributed by atoms with van der Waals surface area (Å²) in [5.74, 6) is -0.839. The van der Waals surface area contributed by atoms with Gasteiger partial charge in [0.15, 0.2) is 5.60 Å². The fourth-order valence-corrected chi connectivity index (χ4v) is 1.87. The molecule has 0 saturated heterocycles. The molecule has 0 fully saturated rings. The van der Waals surface area contributed by atoms with E-state index in [0.717, 1.165) is 4.47 Å². The molecule has 17 heavy (non-hydrogen) atoms. The molecule has 4 nitrogen and oxygen atoms in total. The van der Waals surface area contributed by atoms with Crippen molar-refractivity contribution in [2.75, 3.05) is 7.05 Å². The summed E-state index contributed by atoms with van der Waals surface area (Å²) in [6, 6.07) is 6.65. The van der Waals surface area contributed by atoms with Gasteiger partial charge < -0.3 is 10.4 Å². The van der Waals surface area contributed by atoms with Crippen LogP contribution < -0.4 is 5.32 Å². The first-order chi connectivity index (χ1) is 7.90. The van der Waals surface area contributed by atoms with Crippen LogP contribution in [0.3, 0.4) is 0 Å². The zero-order valence-electron chi connectivity index (χ0n) is 9.66. The maximum Gasteiger partial charge on any atom is 0.256 e. The molecule has 0 aliphatic carbocycles. The van der Waals surface area contributed by atoms with Crippen molar-refractivity contribution in [3.05, 3.63) is 34.3 Å². The van der Waals surface area contributed by atoms with Gasteiger partial charge in [-0.3, -0.25) is 9.59 Å². The van der Waals surface area contributed by atoms with E-state index in [1.54, 1.807) is 24.3 Å². The quantitative estimate of drug-likeness (QED) is 0.882. The minimum atomic E-state index is -1.80. The van der Waals surface area contributed by atoms with Crippen LogP contribution in [0.1, 0.15) is 18.9 Å². The Labute approximate surface area is 108 Å². The van der Waals surface area contributed by atoms with E-state index < -0.39 is 11.5 Å². The monoisotopic (exact) mass is 299 g/mol.